The van der Waals surface area contributed by atoms with Gasteiger partial charge in [0.25, 0.3) is 0 Å². The molecule has 0 unspecified atom stereocenters. The van der Waals surface area contributed by atoms with Crippen LogP contribution in [0.25, 0.3) is 10.8 Å². The van der Waals surface area contributed by atoms with Crippen molar-refractivity contribution in [3.05, 3.63) is 53.2 Å². The van der Waals surface area contributed by atoms with Gasteiger partial charge in [-0.15, -0.1) is 0 Å². The van der Waals surface area contributed by atoms with E-state index in [0.717, 1.165) is 70.3 Å². The van der Waals surface area contributed by atoms with E-state index in [9.17, 15) is 0 Å². The second-order valence-electron chi connectivity index (χ2n) is 10.3. The Bertz CT molecular complexity index is 1200. The molecule has 0 radical (unpaired) electrons. The van der Waals surface area contributed by atoms with E-state index in [2.05, 4.69) is 70.4 Å². The van der Waals surface area contributed by atoms with E-state index in [4.69, 9.17) is 14.7 Å². The number of hydrogen-bond acceptors (Lipinski definition) is 7. The van der Waals surface area contributed by atoms with Crippen LogP contribution >= 0.6 is 0 Å². The van der Waals surface area contributed by atoms with E-state index in [1.54, 1.807) is 0 Å². The molecule has 3 aromatic rings. The summed E-state index contributed by atoms with van der Waals surface area (Å²) in [4.78, 5) is 17.3. The number of rotatable bonds is 5. The first-order chi connectivity index (χ1) is 17.2. The number of likely N-dealkylation sites (tertiary alicyclic amines) is 1. The quantitative estimate of drug-likeness (QED) is 0.612. The van der Waals surface area contributed by atoms with E-state index in [1.807, 2.05) is 0 Å². The molecule has 0 aliphatic carbocycles. The van der Waals surface area contributed by atoms with Crippen molar-refractivity contribution in [2.24, 2.45) is 5.92 Å². The van der Waals surface area contributed by atoms with Gasteiger partial charge in [0.2, 0.25) is 0 Å². The zero-order valence-electron chi connectivity index (χ0n) is 21.0. The Morgan fingerprint density at radius 1 is 1.00 bits per heavy atom. The number of aryl methyl sites for hydroxylation is 1. The average molecular weight is 473 g/mol. The van der Waals surface area contributed by atoms with Crippen LogP contribution in [-0.4, -0.2) is 74.3 Å². The summed E-state index contributed by atoms with van der Waals surface area (Å²) in [5, 5.41) is 6.11. The highest BCUT2D eigenvalue weighted by Crippen LogP contribution is 2.35. The van der Waals surface area contributed by atoms with Crippen LogP contribution in [0.4, 0.5) is 11.5 Å². The summed E-state index contributed by atoms with van der Waals surface area (Å²) in [6, 6.07) is 13.7. The molecule has 35 heavy (non-hydrogen) atoms. The Balaban J connectivity index is 1.32. The lowest BCUT2D eigenvalue weighted by atomic mass is 9.99. The van der Waals surface area contributed by atoms with Crippen LogP contribution in [0.2, 0.25) is 0 Å². The van der Waals surface area contributed by atoms with Crippen molar-refractivity contribution in [1.82, 2.24) is 20.2 Å². The summed E-state index contributed by atoms with van der Waals surface area (Å²) in [7, 11) is 2.18. The van der Waals surface area contributed by atoms with Gasteiger partial charge in [0.15, 0.2) is 0 Å². The highest BCUT2D eigenvalue weighted by Gasteiger charge is 2.28. The number of fused-ring (bicyclic) bond motifs is 2. The van der Waals surface area contributed by atoms with Gasteiger partial charge in [-0.1, -0.05) is 30.3 Å². The molecule has 0 saturated carbocycles. The third-order valence-electron chi connectivity index (χ3n) is 7.81. The summed E-state index contributed by atoms with van der Waals surface area (Å²) in [6.45, 7) is 10.8. The monoisotopic (exact) mass is 472 g/mol. The third kappa shape index (κ3) is 4.55. The van der Waals surface area contributed by atoms with Crippen LogP contribution in [0.5, 0.6) is 6.01 Å². The Labute approximate surface area is 208 Å². The highest BCUT2D eigenvalue weighted by molar-refractivity contribution is 5.97. The fourth-order valence-corrected chi connectivity index (χ4v) is 5.92. The minimum atomic E-state index is 0.544. The Morgan fingerprint density at radius 2 is 1.83 bits per heavy atom. The number of nitrogens with zero attached hydrogens (tertiary/aromatic N) is 5. The van der Waals surface area contributed by atoms with Gasteiger partial charge in [0.05, 0.1) is 18.8 Å². The van der Waals surface area contributed by atoms with E-state index in [-0.39, 0.29) is 0 Å². The molecular formula is C28H36N6O. The molecule has 1 N–H and O–H groups in total. The maximum Gasteiger partial charge on any atom is 0.318 e. The number of benzene rings is 2. The van der Waals surface area contributed by atoms with Crippen molar-refractivity contribution in [3.63, 3.8) is 0 Å². The van der Waals surface area contributed by atoms with Gasteiger partial charge in [0.1, 0.15) is 5.82 Å². The van der Waals surface area contributed by atoms with Crippen LogP contribution in [0.1, 0.15) is 23.2 Å². The van der Waals surface area contributed by atoms with E-state index < -0.39 is 0 Å². The van der Waals surface area contributed by atoms with Crippen LogP contribution < -0.4 is 19.9 Å². The second-order valence-corrected chi connectivity index (χ2v) is 10.3. The van der Waals surface area contributed by atoms with Gasteiger partial charge in [-0.05, 0) is 50.4 Å². The van der Waals surface area contributed by atoms with Gasteiger partial charge >= 0.3 is 6.01 Å². The summed E-state index contributed by atoms with van der Waals surface area (Å²) < 4.78 is 6.26. The fourth-order valence-electron chi connectivity index (χ4n) is 5.92. The zero-order chi connectivity index (χ0) is 23.8. The first kappa shape index (κ1) is 22.6. The summed E-state index contributed by atoms with van der Waals surface area (Å²) in [6.07, 6.45) is 2.13. The van der Waals surface area contributed by atoms with Crippen LogP contribution in [-0.2, 0) is 13.0 Å². The molecule has 0 amide bonds. The van der Waals surface area contributed by atoms with Gasteiger partial charge in [-0.25, -0.2) is 0 Å². The summed E-state index contributed by atoms with van der Waals surface area (Å²) in [5.74, 6) is 1.64. The maximum absolute atomic E-state index is 6.26. The molecule has 0 spiro atoms. The minimum absolute atomic E-state index is 0.544. The minimum Gasteiger partial charge on any atom is -0.463 e. The van der Waals surface area contributed by atoms with Crippen molar-refractivity contribution in [1.29, 1.82) is 0 Å². The molecule has 7 nitrogen and oxygen atoms in total. The van der Waals surface area contributed by atoms with E-state index >= 15 is 0 Å². The van der Waals surface area contributed by atoms with Gasteiger partial charge in [-0.3, -0.25) is 0 Å². The Kier molecular flexibility index (Phi) is 6.20. The first-order valence-electron chi connectivity index (χ1n) is 13.1. The molecule has 184 valence electrons. The molecule has 1 aromatic heterocycles. The van der Waals surface area contributed by atoms with E-state index in [1.165, 1.54) is 34.0 Å². The lowest BCUT2D eigenvalue weighted by Gasteiger charge is -2.35. The normalized spacial score (nSPS) is 20.9. The number of piperazine rings is 1. The largest absolute Gasteiger partial charge is 0.463 e. The lowest BCUT2D eigenvalue weighted by molar-refractivity contribution is 0.231. The fraction of sp³-hybridized carbons (Fsp3) is 0.500. The number of nitrogens with one attached hydrogen (secondary N) is 1. The molecule has 6 rings (SSSR count). The molecule has 3 aliphatic heterocycles. The molecule has 7 heteroatoms. The summed E-state index contributed by atoms with van der Waals surface area (Å²) >= 11 is 0. The smallest absolute Gasteiger partial charge is 0.318 e. The van der Waals surface area contributed by atoms with Gasteiger partial charge in [0, 0.05) is 61.8 Å². The van der Waals surface area contributed by atoms with Crippen LogP contribution in [0.15, 0.2) is 36.4 Å². The summed E-state index contributed by atoms with van der Waals surface area (Å²) in [5.41, 5.74) is 5.03. The predicted molar refractivity (Wildman–Crippen MR) is 142 cm³/mol. The number of ether oxygens (including phenoxy) is 1. The van der Waals surface area contributed by atoms with Crippen molar-refractivity contribution < 1.29 is 4.74 Å². The molecule has 0 bridgehead atoms. The van der Waals surface area contributed by atoms with Crippen molar-refractivity contribution >= 4 is 22.3 Å². The van der Waals surface area contributed by atoms with Crippen LogP contribution in [0.3, 0.4) is 0 Å². The molecule has 2 saturated heterocycles. The lowest BCUT2D eigenvalue weighted by Crippen LogP contribution is -2.45. The van der Waals surface area contributed by atoms with E-state index in [0.29, 0.717) is 18.5 Å². The average Bonchev–Trinajstić information content (AvgIpc) is 3.32. The number of aromatic nitrogens is 2. The SMILES string of the molecule is Cc1cccc2cccc(N3CCc4c(nc(OC[C@@H]5CCN(C)C5)nc4N4CCNCC4)C3)c12. The number of hydrogen-bond donors (Lipinski definition) is 1. The van der Waals surface area contributed by atoms with Crippen molar-refractivity contribution in [2.45, 2.75) is 26.3 Å². The standard InChI is InChI=1S/C28H36N6O/c1-20-5-3-6-22-7-4-8-25(26(20)22)34-14-10-23-24(18-34)30-28(35-19-21-9-13-32(2)17-21)31-27(23)33-15-11-29-12-16-33/h3-8,21,29H,9-19H2,1-2H3/t21-/m1/s1. The molecule has 2 fully saturated rings. The molecule has 2 aromatic carbocycles. The van der Waals surface area contributed by atoms with Gasteiger partial charge in [-0.2, -0.15) is 9.97 Å². The zero-order valence-corrected chi connectivity index (χ0v) is 21.0. The predicted octanol–water partition coefficient (Wildman–Crippen LogP) is 3.24. The molecule has 4 heterocycles. The Hall–Kier alpha value is -2.90. The van der Waals surface area contributed by atoms with Crippen LogP contribution in [0, 0.1) is 12.8 Å². The molecule has 3 aliphatic rings. The third-order valence-corrected chi connectivity index (χ3v) is 7.81. The van der Waals surface area contributed by atoms with Gasteiger partial charge < -0.3 is 24.8 Å². The number of anilines is 2. The maximum atomic E-state index is 6.26. The topological polar surface area (TPSA) is 56.8 Å². The Morgan fingerprint density at radius 3 is 2.63 bits per heavy atom. The highest BCUT2D eigenvalue weighted by atomic mass is 16.5. The van der Waals surface area contributed by atoms with Crippen molar-refractivity contribution in [2.75, 3.05) is 69.3 Å². The van der Waals surface area contributed by atoms with Crippen molar-refractivity contribution in [3.8, 4) is 6.01 Å². The molecule has 1 atom stereocenters. The second kappa shape index (κ2) is 9.63. The first-order valence-corrected chi connectivity index (χ1v) is 13.1. The molecular weight excluding hydrogens is 436 g/mol.